The van der Waals surface area contributed by atoms with Crippen molar-refractivity contribution in [1.29, 1.82) is 0 Å². The Bertz CT molecular complexity index is 949. The summed E-state index contributed by atoms with van der Waals surface area (Å²) in [5.41, 5.74) is 1.77. The maximum Gasteiger partial charge on any atom is 0.303 e. The number of furan rings is 1. The van der Waals surface area contributed by atoms with E-state index in [4.69, 9.17) is 21.1 Å². The zero-order valence-electron chi connectivity index (χ0n) is 14.4. The summed E-state index contributed by atoms with van der Waals surface area (Å²) in [5, 5.41) is 8.89. The van der Waals surface area contributed by atoms with Crippen LogP contribution in [0.2, 0.25) is 5.02 Å². The van der Waals surface area contributed by atoms with Crippen LogP contribution in [0.3, 0.4) is 0 Å². The van der Waals surface area contributed by atoms with Crippen LogP contribution in [0.5, 0.6) is 0 Å². The number of hydrogen-bond donors (Lipinski definition) is 1. The summed E-state index contributed by atoms with van der Waals surface area (Å²) in [6.45, 7) is 1.99. The normalized spacial score (nSPS) is 15.8. The molecule has 1 aromatic carbocycles. The molecule has 27 heavy (non-hydrogen) atoms. The first-order chi connectivity index (χ1) is 12.8. The first-order valence-corrected chi connectivity index (χ1v) is 9.38. The number of aliphatic carboxylic acids is 1. The van der Waals surface area contributed by atoms with Crippen LogP contribution in [-0.4, -0.2) is 33.7 Å². The second-order valence-electron chi connectivity index (χ2n) is 6.00. The number of halogens is 1. The van der Waals surface area contributed by atoms with Crippen molar-refractivity contribution >= 4 is 46.6 Å². The quantitative estimate of drug-likeness (QED) is 0.694. The van der Waals surface area contributed by atoms with Crippen LogP contribution in [0.15, 0.2) is 39.7 Å². The molecule has 2 heterocycles. The third-order valence-electron chi connectivity index (χ3n) is 4.00. The van der Waals surface area contributed by atoms with Crippen molar-refractivity contribution in [3.8, 4) is 11.3 Å². The number of hydrogen-bond acceptors (Lipinski definition) is 5. The maximum atomic E-state index is 12.4. The third kappa shape index (κ3) is 4.43. The predicted octanol–water partition coefficient (Wildman–Crippen LogP) is 4.81. The van der Waals surface area contributed by atoms with Crippen LogP contribution in [0, 0.1) is 6.92 Å². The van der Waals surface area contributed by atoms with Crippen molar-refractivity contribution in [3.05, 3.63) is 51.6 Å². The average molecular weight is 406 g/mol. The molecule has 6 nitrogen and oxygen atoms in total. The van der Waals surface area contributed by atoms with E-state index >= 15 is 0 Å². The number of nitrogens with zero attached hydrogens (tertiary/aromatic N) is 1. The van der Waals surface area contributed by atoms with Gasteiger partial charge in [-0.1, -0.05) is 23.7 Å². The number of carbonyl (C=O) groups is 3. The van der Waals surface area contributed by atoms with Gasteiger partial charge in [0.05, 0.1) is 4.91 Å². The zero-order valence-corrected chi connectivity index (χ0v) is 16.0. The van der Waals surface area contributed by atoms with Gasteiger partial charge in [0.1, 0.15) is 11.5 Å². The molecule has 1 fully saturated rings. The summed E-state index contributed by atoms with van der Waals surface area (Å²) in [4.78, 5) is 36.2. The number of rotatable bonds is 6. The molecule has 0 aliphatic carbocycles. The lowest BCUT2D eigenvalue weighted by atomic mass is 10.1. The average Bonchev–Trinajstić information content (AvgIpc) is 3.17. The van der Waals surface area contributed by atoms with Crippen LogP contribution in [0.1, 0.15) is 24.2 Å². The molecule has 1 aliphatic rings. The topological polar surface area (TPSA) is 87.8 Å². The summed E-state index contributed by atoms with van der Waals surface area (Å²) in [7, 11) is 0. The van der Waals surface area contributed by atoms with Gasteiger partial charge in [0.25, 0.3) is 11.1 Å². The second kappa shape index (κ2) is 8.02. The second-order valence-corrected chi connectivity index (χ2v) is 7.40. The minimum atomic E-state index is -0.961. The fourth-order valence-corrected chi connectivity index (χ4v) is 3.57. The summed E-state index contributed by atoms with van der Waals surface area (Å²) < 4.78 is 5.75. The Kier molecular flexibility index (Phi) is 5.72. The van der Waals surface area contributed by atoms with Gasteiger partial charge in [0, 0.05) is 29.6 Å². The van der Waals surface area contributed by atoms with E-state index in [2.05, 4.69) is 0 Å². The van der Waals surface area contributed by atoms with Crippen molar-refractivity contribution in [3.63, 3.8) is 0 Å². The Morgan fingerprint density at radius 1 is 1.30 bits per heavy atom. The molecule has 1 saturated heterocycles. The molecule has 0 atom stereocenters. The summed E-state index contributed by atoms with van der Waals surface area (Å²) in [5.74, 6) is -0.356. The zero-order chi connectivity index (χ0) is 19.6. The van der Waals surface area contributed by atoms with Gasteiger partial charge in [-0.3, -0.25) is 19.3 Å². The Morgan fingerprint density at radius 2 is 2.07 bits per heavy atom. The predicted molar refractivity (Wildman–Crippen MR) is 103 cm³/mol. The molecule has 140 valence electrons. The van der Waals surface area contributed by atoms with Gasteiger partial charge in [0.2, 0.25) is 0 Å². The first-order valence-electron chi connectivity index (χ1n) is 8.18. The number of benzene rings is 1. The molecule has 0 spiro atoms. The van der Waals surface area contributed by atoms with E-state index in [0.717, 1.165) is 27.8 Å². The van der Waals surface area contributed by atoms with Gasteiger partial charge in [-0.25, -0.2) is 0 Å². The van der Waals surface area contributed by atoms with Crippen molar-refractivity contribution < 1.29 is 23.9 Å². The monoisotopic (exact) mass is 405 g/mol. The summed E-state index contributed by atoms with van der Waals surface area (Å²) in [6.07, 6.45) is 1.64. The number of thioether (sulfide) groups is 1. The molecule has 1 N–H and O–H groups in total. The molecule has 1 aromatic heterocycles. The van der Waals surface area contributed by atoms with E-state index < -0.39 is 17.1 Å². The Hall–Kier alpha value is -2.51. The van der Waals surface area contributed by atoms with Crippen molar-refractivity contribution in [2.75, 3.05) is 6.54 Å². The van der Waals surface area contributed by atoms with E-state index in [1.807, 2.05) is 19.1 Å². The number of carbonyl (C=O) groups excluding carboxylic acids is 2. The van der Waals surface area contributed by atoms with Crippen molar-refractivity contribution in [2.24, 2.45) is 0 Å². The highest BCUT2D eigenvalue weighted by Gasteiger charge is 2.34. The van der Waals surface area contributed by atoms with Crippen molar-refractivity contribution in [2.45, 2.75) is 19.8 Å². The number of carboxylic acid groups (broad SMARTS) is 1. The first kappa shape index (κ1) is 19.3. The fourth-order valence-electron chi connectivity index (χ4n) is 2.54. The Balaban J connectivity index is 1.74. The van der Waals surface area contributed by atoms with E-state index in [1.54, 1.807) is 18.2 Å². The minimum Gasteiger partial charge on any atom is -0.481 e. The highest BCUT2D eigenvalue weighted by atomic mass is 35.5. The third-order valence-corrected chi connectivity index (χ3v) is 5.32. The lowest BCUT2D eigenvalue weighted by molar-refractivity contribution is -0.137. The molecule has 0 bridgehead atoms. The van der Waals surface area contributed by atoms with Crippen LogP contribution < -0.4 is 0 Å². The van der Waals surface area contributed by atoms with Gasteiger partial charge in [-0.2, -0.15) is 0 Å². The van der Waals surface area contributed by atoms with Gasteiger partial charge in [-0.05, 0) is 48.9 Å². The number of imide groups is 1. The highest BCUT2D eigenvalue weighted by molar-refractivity contribution is 8.18. The van der Waals surface area contributed by atoms with Gasteiger partial charge >= 0.3 is 5.97 Å². The number of amides is 2. The molecule has 2 aromatic rings. The molecule has 1 aliphatic heterocycles. The maximum absolute atomic E-state index is 12.4. The molecule has 2 amide bonds. The molecule has 0 unspecified atom stereocenters. The molecular weight excluding hydrogens is 390 g/mol. The minimum absolute atomic E-state index is 0.0829. The van der Waals surface area contributed by atoms with Crippen molar-refractivity contribution in [1.82, 2.24) is 4.90 Å². The molecule has 8 heteroatoms. The molecule has 0 radical (unpaired) electrons. The molecular formula is C19H16ClNO5S. The molecule has 3 rings (SSSR count). The van der Waals surface area contributed by atoms with Gasteiger partial charge in [-0.15, -0.1) is 0 Å². The lowest BCUT2D eigenvalue weighted by Gasteiger charge is -2.10. The van der Waals surface area contributed by atoms with Crippen LogP contribution in [0.4, 0.5) is 4.79 Å². The Morgan fingerprint density at radius 3 is 2.78 bits per heavy atom. The van der Waals surface area contributed by atoms with Gasteiger partial charge in [0.15, 0.2) is 0 Å². The summed E-state index contributed by atoms with van der Waals surface area (Å²) >= 11 is 6.95. The largest absolute Gasteiger partial charge is 0.481 e. The highest BCUT2D eigenvalue weighted by Crippen LogP contribution is 2.34. The van der Waals surface area contributed by atoms with E-state index in [9.17, 15) is 14.4 Å². The lowest BCUT2D eigenvalue weighted by Crippen LogP contribution is -2.29. The van der Waals surface area contributed by atoms with E-state index in [1.165, 1.54) is 6.08 Å². The van der Waals surface area contributed by atoms with E-state index in [-0.39, 0.29) is 24.3 Å². The SMILES string of the molecule is Cc1ccc(-c2ccc(C=C3SC(=O)N(CCCC(=O)O)C3=O)o2)cc1Cl. The fraction of sp³-hybridized carbons (Fsp3) is 0.211. The van der Waals surface area contributed by atoms with Crippen LogP contribution in [0.25, 0.3) is 17.4 Å². The van der Waals surface area contributed by atoms with Gasteiger partial charge < -0.3 is 9.52 Å². The smallest absolute Gasteiger partial charge is 0.303 e. The summed E-state index contributed by atoms with van der Waals surface area (Å²) in [6, 6.07) is 9.06. The van der Waals surface area contributed by atoms with Crippen LogP contribution in [-0.2, 0) is 9.59 Å². The number of aryl methyl sites for hydroxylation is 1. The molecule has 0 saturated carbocycles. The number of carboxylic acids is 1. The van der Waals surface area contributed by atoms with E-state index in [0.29, 0.717) is 16.5 Å². The van der Waals surface area contributed by atoms with Crippen LogP contribution >= 0.6 is 23.4 Å². The Labute approximate surface area is 164 Å². The standard InChI is InChI=1S/C19H16ClNO5S/c1-11-4-5-12(9-14(11)20)15-7-6-13(26-15)10-16-18(24)21(19(25)27-16)8-2-3-17(22)23/h4-7,9-10H,2-3,8H2,1H3,(H,22,23).